The molecule has 25 heavy (non-hydrogen) atoms. The first kappa shape index (κ1) is 15.3. The zero-order valence-electron chi connectivity index (χ0n) is 13.5. The fourth-order valence-corrected chi connectivity index (χ4v) is 2.85. The average molecular weight is 335 g/mol. The summed E-state index contributed by atoms with van der Waals surface area (Å²) in [6, 6.07) is 16.1. The molecule has 1 amide bonds. The Morgan fingerprint density at radius 2 is 1.64 bits per heavy atom. The standard InChI is InChI=1S/C20H17NO4/c22-17-11-14-5-2-1-4-13(14)10-16(17)20(23)21-15-6-7-18-19(12-15)25-9-3-8-24-18/h1-2,4-7,10-12,22H,3,8-9H2,(H,21,23). The number of amides is 1. The van der Waals surface area contributed by atoms with E-state index in [0.29, 0.717) is 30.4 Å². The Balaban J connectivity index is 1.62. The van der Waals surface area contributed by atoms with Gasteiger partial charge in [0, 0.05) is 18.2 Å². The Kier molecular flexibility index (Phi) is 3.90. The number of fused-ring (bicyclic) bond motifs is 2. The number of carbonyl (C=O) groups is 1. The van der Waals surface area contributed by atoms with Crippen molar-refractivity contribution in [3.05, 3.63) is 60.2 Å². The van der Waals surface area contributed by atoms with Crippen molar-refractivity contribution in [2.75, 3.05) is 18.5 Å². The maximum atomic E-state index is 12.6. The molecule has 0 fully saturated rings. The molecule has 0 unspecified atom stereocenters. The van der Waals surface area contributed by atoms with Crippen LogP contribution in [-0.2, 0) is 0 Å². The molecule has 2 N–H and O–H groups in total. The van der Waals surface area contributed by atoms with Crippen LogP contribution in [0.2, 0.25) is 0 Å². The van der Waals surface area contributed by atoms with Crippen LogP contribution >= 0.6 is 0 Å². The number of phenols is 1. The summed E-state index contributed by atoms with van der Waals surface area (Å²) in [6.45, 7) is 1.19. The smallest absolute Gasteiger partial charge is 0.259 e. The van der Waals surface area contributed by atoms with Crippen molar-refractivity contribution >= 4 is 22.4 Å². The number of ether oxygens (including phenoxy) is 2. The summed E-state index contributed by atoms with van der Waals surface area (Å²) in [4.78, 5) is 12.6. The monoisotopic (exact) mass is 335 g/mol. The second-order valence-corrected chi connectivity index (χ2v) is 5.88. The molecular weight excluding hydrogens is 318 g/mol. The molecule has 1 aliphatic rings. The highest BCUT2D eigenvalue weighted by Gasteiger charge is 2.15. The van der Waals surface area contributed by atoms with Crippen molar-refractivity contribution in [2.24, 2.45) is 0 Å². The van der Waals surface area contributed by atoms with E-state index in [9.17, 15) is 9.90 Å². The van der Waals surface area contributed by atoms with Gasteiger partial charge in [-0.05, 0) is 35.0 Å². The molecule has 5 heteroatoms. The molecule has 0 aliphatic carbocycles. The first-order valence-electron chi connectivity index (χ1n) is 8.13. The largest absolute Gasteiger partial charge is 0.507 e. The van der Waals surface area contributed by atoms with Crippen LogP contribution in [0.15, 0.2) is 54.6 Å². The van der Waals surface area contributed by atoms with Gasteiger partial charge in [0.2, 0.25) is 0 Å². The molecule has 1 aliphatic heterocycles. The number of carbonyl (C=O) groups excluding carboxylic acids is 1. The molecule has 126 valence electrons. The normalized spacial score (nSPS) is 13.3. The molecule has 3 aromatic carbocycles. The highest BCUT2D eigenvalue weighted by Crippen LogP contribution is 2.33. The van der Waals surface area contributed by atoms with Crippen LogP contribution in [0.5, 0.6) is 17.2 Å². The zero-order chi connectivity index (χ0) is 17.2. The summed E-state index contributed by atoms with van der Waals surface area (Å²) in [5.74, 6) is 0.852. The third-order valence-corrected chi connectivity index (χ3v) is 4.11. The fourth-order valence-electron chi connectivity index (χ4n) is 2.85. The second-order valence-electron chi connectivity index (χ2n) is 5.88. The predicted octanol–water partition coefficient (Wildman–Crippen LogP) is 3.96. The molecule has 4 rings (SSSR count). The Morgan fingerprint density at radius 3 is 2.44 bits per heavy atom. The minimum absolute atomic E-state index is 0.0504. The van der Waals surface area contributed by atoms with E-state index in [-0.39, 0.29) is 17.2 Å². The van der Waals surface area contributed by atoms with E-state index in [0.717, 1.165) is 17.2 Å². The van der Waals surface area contributed by atoms with Crippen LogP contribution in [0.4, 0.5) is 5.69 Å². The maximum Gasteiger partial charge on any atom is 0.259 e. The first-order valence-corrected chi connectivity index (χ1v) is 8.13. The number of hydrogen-bond acceptors (Lipinski definition) is 4. The molecule has 0 saturated heterocycles. The number of nitrogens with one attached hydrogen (secondary N) is 1. The third-order valence-electron chi connectivity index (χ3n) is 4.11. The van der Waals surface area contributed by atoms with Gasteiger partial charge >= 0.3 is 0 Å². The number of hydrogen-bond donors (Lipinski definition) is 2. The highest BCUT2D eigenvalue weighted by atomic mass is 16.5. The summed E-state index contributed by atoms with van der Waals surface area (Å²) in [7, 11) is 0. The minimum Gasteiger partial charge on any atom is -0.507 e. The van der Waals surface area contributed by atoms with Gasteiger partial charge in [-0.1, -0.05) is 24.3 Å². The molecular formula is C20H17NO4. The maximum absolute atomic E-state index is 12.6. The van der Waals surface area contributed by atoms with Crippen molar-refractivity contribution < 1.29 is 19.4 Å². The van der Waals surface area contributed by atoms with Crippen molar-refractivity contribution in [1.29, 1.82) is 0 Å². The first-order chi connectivity index (χ1) is 12.2. The lowest BCUT2D eigenvalue weighted by Gasteiger charge is -2.11. The van der Waals surface area contributed by atoms with E-state index in [2.05, 4.69) is 5.32 Å². The van der Waals surface area contributed by atoms with E-state index in [1.165, 1.54) is 0 Å². The lowest BCUT2D eigenvalue weighted by atomic mass is 10.1. The van der Waals surface area contributed by atoms with Gasteiger partial charge in [0.1, 0.15) is 5.75 Å². The molecule has 0 aromatic heterocycles. The summed E-state index contributed by atoms with van der Waals surface area (Å²) in [5.41, 5.74) is 0.813. The van der Waals surface area contributed by atoms with Crippen LogP contribution in [0.3, 0.4) is 0 Å². The van der Waals surface area contributed by atoms with Crippen LogP contribution in [0.1, 0.15) is 16.8 Å². The summed E-state index contributed by atoms with van der Waals surface area (Å²) in [5, 5.41) is 14.8. The number of benzene rings is 3. The average Bonchev–Trinajstić information content (AvgIpc) is 2.86. The fraction of sp³-hybridized carbons (Fsp3) is 0.150. The van der Waals surface area contributed by atoms with Crippen molar-refractivity contribution in [3.8, 4) is 17.2 Å². The van der Waals surface area contributed by atoms with Gasteiger partial charge in [0.05, 0.1) is 18.8 Å². The molecule has 0 bridgehead atoms. The van der Waals surface area contributed by atoms with Crippen LogP contribution in [-0.4, -0.2) is 24.2 Å². The number of aromatic hydroxyl groups is 1. The van der Waals surface area contributed by atoms with Gasteiger partial charge in [-0.3, -0.25) is 4.79 Å². The molecule has 0 spiro atoms. The topological polar surface area (TPSA) is 67.8 Å². The lowest BCUT2D eigenvalue weighted by Crippen LogP contribution is -2.12. The van der Waals surface area contributed by atoms with Gasteiger partial charge in [-0.2, -0.15) is 0 Å². The minimum atomic E-state index is -0.377. The number of phenolic OH excluding ortho intramolecular Hbond substituents is 1. The van der Waals surface area contributed by atoms with E-state index < -0.39 is 0 Å². The third kappa shape index (κ3) is 3.08. The molecule has 0 atom stereocenters. The Hall–Kier alpha value is -3.21. The van der Waals surface area contributed by atoms with Crippen molar-refractivity contribution in [3.63, 3.8) is 0 Å². The van der Waals surface area contributed by atoms with Gasteiger partial charge in [-0.25, -0.2) is 0 Å². The van der Waals surface area contributed by atoms with Crippen molar-refractivity contribution in [1.82, 2.24) is 0 Å². The molecule has 5 nitrogen and oxygen atoms in total. The molecule has 3 aromatic rings. The van der Waals surface area contributed by atoms with Crippen LogP contribution < -0.4 is 14.8 Å². The van der Waals surface area contributed by atoms with Gasteiger partial charge in [0.25, 0.3) is 5.91 Å². The van der Waals surface area contributed by atoms with Gasteiger partial charge < -0.3 is 19.9 Å². The van der Waals surface area contributed by atoms with E-state index >= 15 is 0 Å². The van der Waals surface area contributed by atoms with E-state index in [1.54, 1.807) is 30.3 Å². The zero-order valence-corrected chi connectivity index (χ0v) is 13.5. The quantitative estimate of drug-likeness (QED) is 0.744. The van der Waals surface area contributed by atoms with E-state index in [4.69, 9.17) is 9.47 Å². The Morgan fingerprint density at radius 1 is 0.920 bits per heavy atom. The summed E-state index contributed by atoms with van der Waals surface area (Å²) in [6.07, 6.45) is 0.821. The molecule has 0 radical (unpaired) electrons. The van der Waals surface area contributed by atoms with Gasteiger partial charge in [0.15, 0.2) is 11.5 Å². The Labute approximate surface area is 144 Å². The molecule has 0 saturated carbocycles. The summed E-state index contributed by atoms with van der Waals surface area (Å²) < 4.78 is 11.2. The number of anilines is 1. The SMILES string of the molecule is O=C(Nc1ccc2c(c1)OCCCO2)c1cc2ccccc2cc1O. The van der Waals surface area contributed by atoms with Crippen LogP contribution in [0.25, 0.3) is 10.8 Å². The number of rotatable bonds is 2. The van der Waals surface area contributed by atoms with Crippen molar-refractivity contribution in [2.45, 2.75) is 6.42 Å². The predicted molar refractivity (Wildman–Crippen MR) is 95.6 cm³/mol. The summed E-state index contributed by atoms with van der Waals surface area (Å²) >= 11 is 0. The lowest BCUT2D eigenvalue weighted by molar-refractivity contribution is 0.102. The molecule has 1 heterocycles. The highest BCUT2D eigenvalue weighted by molar-refractivity contribution is 6.08. The Bertz CT molecular complexity index is 952. The van der Waals surface area contributed by atoms with Crippen LogP contribution in [0, 0.1) is 0 Å². The van der Waals surface area contributed by atoms with Gasteiger partial charge in [-0.15, -0.1) is 0 Å². The van der Waals surface area contributed by atoms with E-state index in [1.807, 2.05) is 24.3 Å². The second kappa shape index (κ2) is 6.36.